The zero-order valence-corrected chi connectivity index (χ0v) is 17.6. The number of benzene rings is 4. The fourth-order valence-corrected chi connectivity index (χ4v) is 3.32. The van der Waals surface area contributed by atoms with Gasteiger partial charge in [0.1, 0.15) is 18.5 Å². The highest BCUT2D eigenvalue weighted by Crippen LogP contribution is 2.27. The van der Waals surface area contributed by atoms with Gasteiger partial charge in [0.15, 0.2) is 0 Å². The minimum atomic E-state index is -0.730. The van der Waals surface area contributed by atoms with Gasteiger partial charge in [0.05, 0.1) is 6.61 Å². The molecular formula is C28H24O4. The van der Waals surface area contributed by atoms with Crippen molar-refractivity contribution in [2.45, 2.75) is 19.3 Å². The molecule has 0 heterocycles. The molecule has 4 rings (SSSR count). The molecule has 160 valence electrons. The lowest BCUT2D eigenvalue weighted by molar-refractivity contribution is 0.0667. The van der Waals surface area contributed by atoms with E-state index < -0.39 is 6.16 Å². The summed E-state index contributed by atoms with van der Waals surface area (Å²) in [5.41, 5.74) is 4.08. The van der Waals surface area contributed by atoms with Crippen LogP contribution in [0.25, 0.3) is 0 Å². The second-order valence-corrected chi connectivity index (χ2v) is 7.28. The van der Waals surface area contributed by atoms with Crippen LogP contribution in [0.1, 0.15) is 28.4 Å². The summed E-state index contributed by atoms with van der Waals surface area (Å²) in [6.45, 7) is 0.596. The number of carbonyl (C=O) groups is 1. The SMILES string of the molecule is O=C(OCc1ccccc1)Oc1ccc(COC(c2ccccc2)c2ccccc2)cc1. The van der Waals surface area contributed by atoms with Crippen LogP contribution in [0.5, 0.6) is 5.75 Å². The molecule has 0 N–H and O–H groups in total. The summed E-state index contributed by atoms with van der Waals surface area (Å²) in [4.78, 5) is 11.9. The number of ether oxygens (including phenoxy) is 3. The van der Waals surface area contributed by atoms with E-state index in [2.05, 4.69) is 24.3 Å². The molecular weight excluding hydrogens is 400 g/mol. The topological polar surface area (TPSA) is 44.8 Å². The summed E-state index contributed by atoms with van der Waals surface area (Å²) in [7, 11) is 0. The van der Waals surface area contributed by atoms with E-state index in [0.717, 1.165) is 22.3 Å². The van der Waals surface area contributed by atoms with Crippen LogP contribution in [0.4, 0.5) is 4.79 Å². The summed E-state index contributed by atoms with van der Waals surface area (Å²) in [5.74, 6) is 0.425. The van der Waals surface area contributed by atoms with Gasteiger partial charge in [-0.3, -0.25) is 0 Å². The molecule has 4 aromatic rings. The Hall–Kier alpha value is -3.89. The smallest absolute Gasteiger partial charge is 0.429 e. The first-order valence-electron chi connectivity index (χ1n) is 10.5. The fraction of sp³-hybridized carbons (Fsp3) is 0.107. The summed E-state index contributed by atoms with van der Waals surface area (Å²) in [5, 5.41) is 0. The van der Waals surface area contributed by atoms with Gasteiger partial charge in [-0.15, -0.1) is 0 Å². The first-order valence-corrected chi connectivity index (χ1v) is 10.5. The van der Waals surface area contributed by atoms with Gasteiger partial charge < -0.3 is 14.2 Å². The zero-order valence-electron chi connectivity index (χ0n) is 17.6. The number of hydrogen-bond donors (Lipinski definition) is 0. The number of carbonyl (C=O) groups excluding carboxylic acids is 1. The van der Waals surface area contributed by atoms with Crippen LogP contribution in [0, 0.1) is 0 Å². The maximum Gasteiger partial charge on any atom is 0.514 e. The van der Waals surface area contributed by atoms with Crippen molar-refractivity contribution in [2.75, 3.05) is 0 Å². The Morgan fingerprint density at radius 1 is 0.594 bits per heavy atom. The van der Waals surface area contributed by atoms with Crippen molar-refractivity contribution in [2.24, 2.45) is 0 Å². The van der Waals surface area contributed by atoms with Crippen LogP contribution in [0.15, 0.2) is 115 Å². The molecule has 4 nitrogen and oxygen atoms in total. The fourth-order valence-electron chi connectivity index (χ4n) is 3.32. The summed E-state index contributed by atoms with van der Waals surface area (Å²) in [6.07, 6.45) is -0.896. The van der Waals surface area contributed by atoms with Crippen molar-refractivity contribution < 1.29 is 19.0 Å². The molecule has 0 aliphatic rings. The van der Waals surface area contributed by atoms with E-state index in [1.807, 2.05) is 78.9 Å². The predicted octanol–water partition coefficient (Wildman–Crippen LogP) is 6.71. The molecule has 0 amide bonds. The summed E-state index contributed by atoms with van der Waals surface area (Å²) < 4.78 is 16.7. The average molecular weight is 424 g/mol. The molecule has 0 unspecified atom stereocenters. The van der Waals surface area contributed by atoms with Gasteiger partial charge in [0.2, 0.25) is 0 Å². The maximum absolute atomic E-state index is 11.9. The highest BCUT2D eigenvalue weighted by atomic mass is 16.7. The Bertz CT molecular complexity index is 1060. The first kappa shape index (κ1) is 21.3. The Morgan fingerprint density at radius 3 is 1.66 bits per heavy atom. The van der Waals surface area contributed by atoms with Crippen molar-refractivity contribution in [1.29, 1.82) is 0 Å². The van der Waals surface area contributed by atoms with Crippen LogP contribution in [0.3, 0.4) is 0 Å². The molecule has 0 bridgehead atoms. The van der Waals surface area contributed by atoms with Gasteiger partial charge in [-0.05, 0) is 34.4 Å². The van der Waals surface area contributed by atoms with Gasteiger partial charge in [-0.2, -0.15) is 0 Å². The maximum atomic E-state index is 11.9. The third-order valence-electron chi connectivity index (χ3n) is 4.95. The van der Waals surface area contributed by atoms with Crippen LogP contribution < -0.4 is 4.74 Å². The normalized spacial score (nSPS) is 10.7. The monoisotopic (exact) mass is 424 g/mol. The molecule has 0 saturated carbocycles. The van der Waals surface area contributed by atoms with Crippen LogP contribution in [-0.4, -0.2) is 6.16 Å². The van der Waals surface area contributed by atoms with E-state index in [1.165, 1.54) is 0 Å². The quantitative estimate of drug-likeness (QED) is 0.233. The number of hydrogen-bond acceptors (Lipinski definition) is 4. The largest absolute Gasteiger partial charge is 0.514 e. The van der Waals surface area contributed by atoms with Crippen LogP contribution in [0.2, 0.25) is 0 Å². The van der Waals surface area contributed by atoms with E-state index >= 15 is 0 Å². The van der Waals surface area contributed by atoms with Crippen molar-refractivity contribution in [3.8, 4) is 5.75 Å². The Balaban J connectivity index is 1.34. The molecule has 4 heteroatoms. The van der Waals surface area contributed by atoms with E-state index in [0.29, 0.717) is 12.4 Å². The lowest BCUT2D eigenvalue weighted by atomic mass is 10.0. The van der Waals surface area contributed by atoms with Crippen LogP contribution in [-0.2, 0) is 22.7 Å². The van der Waals surface area contributed by atoms with E-state index in [4.69, 9.17) is 14.2 Å². The highest BCUT2D eigenvalue weighted by molar-refractivity contribution is 5.63. The molecule has 0 spiro atoms. The Labute approximate surface area is 188 Å². The van der Waals surface area contributed by atoms with E-state index in [-0.39, 0.29) is 12.7 Å². The van der Waals surface area contributed by atoms with Crippen molar-refractivity contribution in [1.82, 2.24) is 0 Å². The van der Waals surface area contributed by atoms with E-state index in [9.17, 15) is 4.79 Å². The number of rotatable bonds is 8. The summed E-state index contributed by atoms with van der Waals surface area (Å²) in [6, 6.07) is 37.0. The second kappa shape index (κ2) is 10.9. The Morgan fingerprint density at radius 2 is 1.09 bits per heavy atom. The van der Waals surface area contributed by atoms with Crippen molar-refractivity contribution >= 4 is 6.16 Å². The molecule has 0 fully saturated rings. The molecule has 0 aromatic heterocycles. The van der Waals surface area contributed by atoms with Gasteiger partial charge in [0.25, 0.3) is 0 Å². The lowest BCUT2D eigenvalue weighted by Crippen LogP contribution is -2.10. The minimum absolute atomic E-state index is 0.165. The third kappa shape index (κ3) is 6.06. The molecule has 32 heavy (non-hydrogen) atoms. The molecule has 0 saturated heterocycles. The molecule has 0 aliphatic heterocycles. The molecule has 0 atom stereocenters. The average Bonchev–Trinajstić information content (AvgIpc) is 2.86. The van der Waals surface area contributed by atoms with Crippen molar-refractivity contribution in [3.63, 3.8) is 0 Å². The lowest BCUT2D eigenvalue weighted by Gasteiger charge is -2.19. The van der Waals surface area contributed by atoms with Crippen LogP contribution >= 0.6 is 0 Å². The zero-order chi connectivity index (χ0) is 22.0. The molecule has 0 aliphatic carbocycles. The van der Waals surface area contributed by atoms with Gasteiger partial charge in [-0.25, -0.2) is 4.79 Å². The van der Waals surface area contributed by atoms with Gasteiger partial charge in [0, 0.05) is 0 Å². The standard InChI is InChI=1S/C28H24O4/c29-28(31-21-22-10-4-1-5-11-22)32-26-18-16-23(17-19-26)20-30-27(24-12-6-2-7-13-24)25-14-8-3-9-15-25/h1-19,27H,20-21H2. The first-order chi connectivity index (χ1) is 15.8. The predicted molar refractivity (Wildman–Crippen MR) is 123 cm³/mol. The molecule has 4 aromatic carbocycles. The van der Waals surface area contributed by atoms with Crippen molar-refractivity contribution in [3.05, 3.63) is 138 Å². The highest BCUT2D eigenvalue weighted by Gasteiger charge is 2.14. The second-order valence-electron chi connectivity index (χ2n) is 7.28. The van der Waals surface area contributed by atoms with Gasteiger partial charge in [-0.1, -0.05) is 103 Å². The summed E-state index contributed by atoms with van der Waals surface area (Å²) >= 11 is 0. The third-order valence-corrected chi connectivity index (χ3v) is 4.95. The molecule has 0 radical (unpaired) electrons. The minimum Gasteiger partial charge on any atom is -0.429 e. The van der Waals surface area contributed by atoms with E-state index in [1.54, 1.807) is 12.1 Å². The Kier molecular flexibility index (Phi) is 7.29. The van der Waals surface area contributed by atoms with Gasteiger partial charge >= 0.3 is 6.16 Å².